The molecule has 0 aliphatic rings. The molecule has 0 fully saturated rings. The highest BCUT2D eigenvalue weighted by Crippen LogP contribution is 2.37. The highest BCUT2D eigenvalue weighted by Gasteiger charge is 2.24. The lowest BCUT2D eigenvalue weighted by Crippen LogP contribution is -2.25. The lowest BCUT2D eigenvalue weighted by molar-refractivity contribution is -0.137. The van der Waals surface area contributed by atoms with E-state index in [2.05, 4.69) is 20.8 Å². The topological polar surface area (TPSA) is 294 Å². The number of hydrogen-bond acceptors (Lipinski definition) is 13. The number of nitrogens with one attached hydrogen (secondary N) is 2. The number of carbonyl (C=O) groups excluding carboxylic acids is 4. The number of carboxylic acid groups (broad SMARTS) is 1. The van der Waals surface area contributed by atoms with Crippen molar-refractivity contribution in [2.45, 2.75) is 86.0 Å². The van der Waals surface area contributed by atoms with E-state index < -0.39 is 23.7 Å². The summed E-state index contributed by atoms with van der Waals surface area (Å²) in [5, 5.41) is 24.9. The fraction of sp³-hybridized carbons (Fsp3) is 0.375. The van der Waals surface area contributed by atoms with E-state index in [0.29, 0.717) is 99.9 Å². The second kappa shape index (κ2) is 22.3. The molecule has 5 aromatic heterocycles. The highest BCUT2D eigenvalue weighted by atomic mass is 16.5. The molecular formula is C48H57N13O9. The average molecular weight is 960 g/mol. The SMILES string of the molecule is CCn1nc(C)cc1C(=O)Nc1nc2cc(C(N)=O)cc(OCCCOC)c2n1C/C=C/Cn1c2nc(-c3cc(C)nn3CC)ncc2c2cc(C(N)=O)cc(OCCCNC(=O)CCCC(=O)O)c21. The zero-order valence-corrected chi connectivity index (χ0v) is 39.8. The smallest absolute Gasteiger partial charge is 0.303 e. The van der Waals surface area contributed by atoms with Crippen LogP contribution >= 0.6 is 0 Å². The van der Waals surface area contributed by atoms with Crippen molar-refractivity contribution in [3.05, 3.63) is 83.0 Å². The highest BCUT2D eigenvalue weighted by molar-refractivity contribution is 6.12. The molecule has 0 spiro atoms. The molecule has 0 atom stereocenters. The number of anilines is 1. The Balaban J connectivity index is 1.29. The van der Waals surface area contributed by atoms with Gasteiger partial charge in [0, 0.05) is 93.8 Å². The minimum absolute atomic E-state index is 0.0852. The van der Waals surface area contributed by atoms with E-state index in [9.17, 15) is 24.0 Å². The number of methoxy groups -OCH3 is 1. The number of primary amides is 2. The van der Waals surface area contributed by atoms with E-state index in [-0.39, 0.29) is 75.1 Å². The van der Waals surface area contributed by atoms with Gasteiger partial charge in [0.25, 0.3) is 5.91 Å². The van der Waals surface area contributed by atoms with Crippen molar-refractivity contribution < 1.29 is 43.3 Å². The number of benzene rings is 2. The predicted octanol–water partition coefficient (Wildman–Crippen LogP) is 4.91. The Kier molecular flexibility index (Phi) is 15.9. The number of aliphatic carboxylic acids is 1. The lowest BCUT2D eigenvalue weighted by atomic mass is 10.1. The third-order valence-electron chi connectivity index (χ3n) is 11.3. The molecule has 5 heterocycles. The van der Waals surface area contributed by atoms with Crippen LogP contribution in [0.15, 0.2) is 54.7 Å². The van der Waals surface area contributed by atoms with Gasteiger partial charge < -0.3 is 45.2 Å². The number of ether oxygens (including phenoxy) is 3. The first-order valence-electron chi connectivity index (χ1n) is 23.0. The zero-order chi connectivity index (χ0) is 50.1. The molecule has 368 valence electrons. The fourth-order valence-electron chi connectivity index (χ4n) is 8.09. The van der Waals surface area contributed by atoms with Gasteiger partial charge in [-0.3, -0.25) is 38.7 Å². The van der Waals surface area contributed by atoms with Crippen molar-refractivity contribution in [1.82, 2.24) is 49.0 Å². The van der Waals surface area contributed by atoms with Crippen LogP contribution in [0.3, 0.4) is 0 Å². The van der Waals surface area contributed by atoms with Gasteiger partial charge in [0.05, 0.1) is 35.6 Å². The average Bonchev–Trinajstić information content (AvgIpc) is 4.09. The minimum atomic E-state index is -0.965. The van der Waals surface area contributed by atoms with Gasteiger partial charge in [-0.15, -0.1) is 0 Å². The summed E-state index contributed by atoms with van der Waals surface area (Å²) in [6.07, 6.45) is 6.67. The minimum Gasteiger partial charge on any atom is -0.491 e. The van der Waals surface area contributed by atoms with Gasteiger partial charge >= 0.3 is 5.97 Å². The number of carbonyl (C=O) groups is 5. The summed E-state index contributed by atoms with van der Waals surface area (Å²) in [5.74, 6) is -1.74. The number of hydrogen-bond donors (Lipinski definition) is 5. The molecule has 0 saturated heterocycles. The second-order valence-electron chi connectivity index (χ2n) is 16.4. The van der Waals surface area contributed by atoms with Gasteiger partial charge in [0.15, 0.2) is 5.82 Å². The predicted molar refractivity (Wildman–Crippen MR) is 260 cm³/mol. The summed E-state index contributed by atoms with van der Waals surface area (Å²) in [5.41, 5.74) is 16.5. The molecule has 0 unspecified atom stereocenters. The summed E-state index contributed by atoms with van der Waals surface area (Å²) in [4.78, 5) is 77.0. The van der Waals surface area contributed by atoms with Crippen LogP contribution in [0, 0.1) is 13.8 Å². The van der Waals surface area contributed by atoms with Crippen LogP contribution in [0.25, 0.3) is 44.5 Å². The van der Waals surface area contributed by atoms with Crippen molar-refractivity contribution in [2.75, 3.05) is 38.8 Å². The summed E-state index contributed by atoms with van der Waals surface area (Å²) in [7, 11) is 1.59. The first-order valence-corrected chi connectivity index (χ1v) is 23.0. The van der Waals surface area contributed by atoms with Crippen LogP contribution in [-0.2, 0) is 40.5 Å². The monoisotopic (exact) mass is 959 g/mol. The molecule has 0 aliphatic heterocycles. The standard InChI is InChI=1S/C48H57N13O9/c1-6-60-35(21-28(3)56-60)45-52-27-33-32-23-30(43(49)65)25-37(69-19-11-15-51-39(62)13-10-14-40(63)64)41(32)58(46(33)54-45)16-8-9-17-59-42-34(24-31(44(50)66)26-38(42)70-20-12-18-68-5)53-48(59)55-47(67)36-22-29(4)57-61(36)7-2/h8-9,21-27H,6-7,10-20H2,1-5H3,(H2,49,65)(H2,50,66)(H,51,62)(H,63,64)(H,53,55,67)/b9-8+. The number of carboxylic acids is 1. The summed E-state index contributed by atoms with van der Waals surface area (Å²) in [6, 6.07) is 9.96. The molecular weight excluding hydrogens is 903 g/mol. The Bertz CT molecular complexity index is 3130. The molecule has 2 aromatic carbocycles. The van der Waals surface area contributed by atoms with E-state index in [0.717, 1.165) is 5.69 Å². The van der Waals surface area contributed by atoms with Crippen LogP contribution in [0.4, 0.5) is 5.95 Å². The number of rotatable bonds is 25. The Morgan fingerprint density at radius 1 is 0.743 bits per heavy atom. The largest absolute Gasteiger partial charge is 0.491 e. The number of aromatic nitrogens is 9. The zero-order valence-electron chi connectivity index (χ0n) is 39.8. The Hall–Kier alpha value is -8.14. The van der Waals surface area contributed by atoms with E-state index in [1.165, 1.54) is 0 Å². The van der Waals surface area contributed by atoms with Crippen LogP contribution in [0.5, 0.6) is 11.5 Å². The summed E-state index contributed by atoms with van der Waals surface area (Å²) in [6.45, 7) is 10.1. The molecule has 0 radical (unpaired) electrons. The Labute approximate surface area is 402 Å². The normalized spacial score (nSPS) is 11.6. The molecule has 7 N–H and O–H groups in total. The molecule has 7 rings (SSSR count). The number of nitrogens with two attached hydrogens (primary N) is 2. The van der Waals surface area contributed by atoms with Gasteiger partial charge in [-0.2, -0.15) is 10.2 Å². The molecule has 22 nitrogen and oxygen atoms in total. The quantitative estimate of drug-likeness (QED) is 0.0376. The van der Waals surface area contributed by atoms with Crippen molar-refractivity contribution in [3.8, 4) is 23.0 Å². The maximum atomic E-state index is 13.9. The number of aryl methyl sites for hydroxylation is 4. The van der Waals surface area contributed by atoms with E-state index >= 15 is 0 Å². The number of amides is 4. The fourth-order valence-corrected chi connectivity index (χ4v) is 8.09. The maximum Gasteiger partial charge on any atom is 0.303 e. The van der Waals surface area contributed by atoms with E-state index in [1.54, 1.807) is 59.8 Å². The molecule has 4 amide bonds. The van der Waals surface area contributed by atoms with Crippen LogP contribution in [0.2, 0.25) is 0 Å². The second-order valence-corrected chi connectivity index (χ2v) is 16.4. The van der Waals surface area contributed by atoms with Gasteiger partial charge in [-0.1, -0.05) is 12.2 Å². The van der Waals surface area contributed by atoms with Gasteiger partial charge in [-0.25, -0.2) is 15.0 Å². The van der Waals surface area contributed by atoms with Crippen molar-refractivity contribution in [1.29, 1.82) is 0 Å². The Morgan fingerprint density at radius 2 is 1.40 bits per heavy atom. The van der Waals surface area contributed by atoms with Crippen LogP contribution in [-0.4, -0.2) is 112 Å². The molecule has 70 heavy (non-hydrogen) atoms. The molecule has 22 heteroatoms. The van der Waals surface area contributed by atoms with E-state index in [4.69, 9.17) is 45.7 Å². The molecule has 7 aromatic rings. The molecule has 0 bridgehead atoms. The maximum absolute atomic E-state index is 13.9. The molecule has 0 saturated carbocycles. The number of imidazole rings is 1. The third-order valence-corrected chi connectivity index (χ3v) is 11.3. The van der Waals surface area contributed by atoms with Crippen molar-refractivity contribution in [2.24, 2.45) is 11.5 Å². The number of fused-ring (bicyclic) bond motifs is 4. The number of allylic oxidation sites excluding steroid dienone is 2. The summed E-state index contributed by atoms with van der Waals surface area (Å²) < 4.78 is 25.0. The first kappa shape index (κ1) is 49.8. The third kappa shape index (κ3) is 11.2. The van der Waals surface area contributed by atoms with Crippen molar-refractivity contribution in [3.63, 3.8) is 0 Å². The van der Waals surface area contributed by atoms with Crippen LogP contribution < -0.4 is 31.6 Å². The van der Waals surface area contributed by atoms with Gasteiger partial charge in [-0.05, 0) is 76.9 Å². The van der Waals surface area contributed by atoms with Crippen LogP contribution in [0.1, 0.15) is 88.5 Å². The van der Waals surface area contributed by atoms with Gasteiger partial charge in [0.2, 0.25) is 23.7 Å². The number of nitrogens with zero attached hydrogens (tertiary/aromatic N) is 9. The van der Waals surface area contributed by atoms with E-state index in [1.807, 2.05) is 48.2 Å². The summed E-state index contributed by atoms with van der Waals surface area (Å²) >= 11 is 0. The lowest BCUT2D eigenvalue weighted by Gasteiger charge is -2.13. The van der Waals surface area contributed by atoms with Gasteiger partial charge in [0.1, 0.15) is 34.1 Å². The van der Waals surface area contributed by atoms with Crippen molar-refractivity contribution >= 4 is 68.5 Å². The Morgan fingerprint density at radius 3 is 2.09 bits per heavy atom. The molecule has 0 aliphatic carbocycles. The first-order chi connectivity index (χ1) is 33.7.